The van der Waals surface area contributed by atoms with E-state index >= 15 is 0 Å². The van der Waals surface area contributed by atoms with Crippen molar-refractivity contribution in [1.29, 1.82) is 0 Å². The summed E-state index contributed by atoms with van der Waals surface area (Å²) in [5.74, 6) is -1.98. The number of ether oxygens (including phenoxy) is 1. The van der Waals surface area contributed by atoms with Crippen molar-refractivity contribution in [2.24, 2.45) is 0 Å². The second-order valence-corrected chi connectivity index (χ2v) is 4.14. The van der Waals surface area contributed by atoms with Crippen LogP contribution in [-0.2, 0) is 0 Å². The Morgan fingerprint density at radius 1 is 1.39 bits per heavy atom. The third-order valence-corrected chi connectivity index (χ3v) is 2.43. The summed E-state index contributed by atoms with van der Waals surface area (Å²) in [4.78, 5) is 18.0. The summed E-state index contributed by atoms with van der Waals surface area (Å²) >= 11 is 3.17. The molecule has 2 rings (SSSR count). The highest BCUT2D eigenvalue weighted by atomic mass is 79.9. The molecule has 18 heavy (non-hydrogen) atoms. The summed E-state index contributed by atoms with van der Waals surface area (Å²) in [6.07, 6.45) is 2.28. The number of hydrogen-bond acceptors (Lipinski definition) is 4. The number of halogens is 2. The highest BCUT2D eigenvalue weighted by Gasteiger charge is 2.10. The number of benzene rings is 1. The van der Waals surface area contributed by atoms with Gasteiger partial charge in [-0.2, -0.15) is 0 Å². The Morgan fingerprint density at radius 2 is 2.17 bits per heavy atom. The lowest BCUT2D eigenvalue weighted by molar-refractivity contribution is 0.0689. The Labute approximate surface area is 109 Å². The molecule has 7 heteroatoms. The number of carbonyl (C=O) groups is 1. The molecule has 1 aromatic heterocycles. The summed E-state index contributed by atoms with van der Waals surface area (Å²) in [7, 11) is 0. The molecular weight excluding hydrogens is 307 g/mol. The van der Waals surface area contributed by atoms with Gasteiger partial charge in [-0.1, -0.05) is 15.9 Å². The third kappa shape index (κ3) is 2.80. The van der Waals surface area contributed by atoms with Crippen LogP contribution >= 0.6 is 15.9 Å². The predicted octanol–water partition coefficient (Wildman–Crippen LogP) is 2.87. The Balaban J connectivity index is 2.31. The van der Waals surface area contributed by atoms with Crippen molar-refractivity contribution in [2.75, 3.05) is 0 Å². The van der Waals surface area contributed by atoms with E-state index in [1.54, 1.807) is 0 Å². The first kappa shape index (κ1) is 12.4. The van der Waals surface area contributed by atoms with E-state index in [9.17, 15) is 9.18 Å². The molecular formula is C11H6BrFN2O3. The number of aromatic nitrogens is 2. The molecule has 0 bridgehead atoms. The lowest BCUT2D eigenvalue weighted by Crippen LogP contribution is -2.02. The zero-order valence-corrected chi connectivity index (χ0v) is 10.4. The zero-order chi connectivity index (χ0) is 13.1. The predicted molar refractivity (Wildman–Crippen MR) is 63.2 cm³/mol. The topological polar surface area (TPSA) is 72.3 Å². The van der Waals surface area contributed by atoms with Gasteiger partial charge in [0.05, 0.1) is 12.4 Å². The average Bonchev–Trinajstić information content (AvgIpc) is 2.34. The largest absolute Gasteiger partial charge is 0.476 e. The van der Waals surface area contributed by atoms with Crippen LogP contribution in [0.3, 0.4) is 0 Å². The number of rotatable bonds is 3. The molecule has 0 unspecified atom stereocenters. The molecule has 0 fully saturated rings. The van der Waals surface area contributed by atoms with Gasteiger partial charge in [0.2, 0.25) is 5.88 Å². The van der Waals surface area contributed by atoms with Gasteiger partial charge in [0, 0.05) is 4.47 Å². The van der Waals surface area contributed by atoms with Gasteiger partial charge in [0.15, 0.2) is 17.3 Å². The van der Waals surface area contributed by atoms with Crippen LogP contribution in [0.2, 0.25) is 0 Å². The summed E-state index contributed by atoms with van der Waals surface area (Å²) in [5, 5.41) is 8.73. The van der Waals surface area contributed by atoms with Crippen molar-refractivity contribution < 1.29 is 19.0 Å². The molecule has 1 heterocycles. The molecule has 0 aliphatic rings. The van der Waals surface area contributed by atoms with Gasteiger partial charge in [0.25, 0.3) is 0 Å². The van der Waals surface area contributed by atoms with Crippen LogP contribution in [0.1, 0.15) is 10.5 Å². The van der Waals surface area contributed by atoms with E-state index in [0.29, 0.717) is 4.47 Å². The summed E-state index contributed by atoms with van der Waals surface area (Å²) in [5.41, 5.74) is -0.275. The molecule has 1 N–H and O–H groups in total. The number of aromatic carboxylic acids is 1. The van der Waals surface area contributed by atoms with Crippen LogP contribution in [0.4, 0.5) is 4.39 Å². The van der Waals surface area contributed by atoms with Gasteiger partial charge in [-0.05, 0) is 18.2 Å². The minimum Gasteiger partial charge on any atom is -0.476 e. The molecule has 1 aromatic carbocycles. The highest BCUT2D eigenvalue weighted by Crippen LogP contribution is 2.26. The summed E-state index contributed by atoms with van der Waals surface area (Å²) < 4.78 is 19.2. The van der Waals surface area contributed by atoms with Gasteiger partial charge in [-0.15, -0.1) is 0 Å². The smallest absolute Gasteiger partial charge is 0.356 e. The zero-order valence-electron chi connectivity index (χ0n) is 8.80. The fourth-order valence-corrected chi connectivity index (χ4v) is 1.51. The van der Waals surface area contributed by atoms with E-state index in [2.05, 4.69) is 25.9 Å². The first-order valence-corrected chi connectivity index (χ1v) is 5.54. The maximum absolute atomic E-state index is 13.4. The molecule has 0 saturated carbocycles. The van der Waals surface area contributed by atoms with E-state index < -0.39 is 11.8 Å². The van der Waals surface area contributed by atoms with Crippen molar-refractivity contribution in [3.8, 4) is 11.6 Å². The van der Waals surface area contributed by atoms with Gasteiger partial charge >= 0.3 is 5.97 Å². The highest BCUT2D eigenvalue weighted by molar-refractivity contribution is 9.10. The van der Waals surface area contributed by atoms with Crippen molar-refractivity contribution in [3.63, 3.8) is 0 Å². The Hall–Kier alpha value is -2.02. The van der Waals surface area contributed by atoms with Gasteiger partial charge in [-0.25, -0.2) is 14.2 Å². The lowest BCUT2D eigenvalue weighted by Gasteiger charge is -2.06. The van der Waals surface area contributed by atoms with Crippen molar-refractivity contribution in [2.45, 2.75) is 0 Å². The maximum atomic E-state index is 13.4. The van der Waals surface area contributed by atoms with Gasteiger partial charge in [0.1, 0.15) is 0 Å². The standard InChI is InChI=1S/C11H6BrFN2O3/c12-6-1-2-7(13)9(3-6)18-10-5-14-4-8(15-10)11(16)17/h1-5H,(H,16,17). The molecule has 0 saturated heterocycles. The van der Waals surface area contributed by atoms with Crippen molar-refractivity contribution in [3.05, 3.63) is 46.6 Å². The molecule has 0 aliphatic heterocycles. The second kappa shape index (κ2) is 5.09. The minimum atomic E-state index is -1.23. The molecule has 0 atom stereocenters. The summed E-state index contributed by atoms with van der Waals surface area (Å²) in [6, 6.07) is 4.14. The normalized spacial score (nSPS) is 10.1. The van der Waals surface area contributed by atoms with Crippen LogP contribution < -0.4 is 4.74 Å². The van der Waals surface area contributed by atoms with Crippen LogP contribution in [-0.4, -0.2) is 21.0 Å². The van der Waals surface area contributed by atoms with E-state index in [1.807, 2.05) is 0 Å². The SMILES string of the molecule is O=C(O)c1cncc(Oc2cc(Br)ccc2F)n1. The molecule has 0 aliphatic carbocycles. The number of nitrogens with zero attached hydrogens (tertiary/aromatic N) is 2. The quantitative estimate of drug-likeness (QED) is 0.943. The van der Waals surface area contributed by atoms with E-state index in [-0.39, 0.29) is 17.3 Å². The second-order valence-electron chi connectivity index (χ2n) is 3.22. The Kier molecular flexibility index (Phi) is 3.52. The number of hydrogen-bond donors (Lipinski definition) is 1. The molecule has 0 amide bonds. The van der Waals surface area contributed by atoms with Crippen LogP contribution in [0.5, 0.6) is 11.6 Å². The van der Waals surface area contributed by atoms with Gasteiger partial charge < -0.3 is 9.84 Å². The van der Waals surface area contributed by atoms with Crippen LogP contribution in [0, 0.1) is 5.82 Å². The number of carboxylic acid groups (broad SMARTS) is 1. The molecule has 0 radical (unpaired) electrons. The minimum absolute atomic E-state index is 0.0683. The Morgan fingerprint density at radius 3 is 2.89 bits per heavy atom. The van der Waals surface area contributed by atoms with Gasteiger partial charge in [-0.3, -0.25) is 4.98 Å². The first-order chi connectivity index (χ1) is 8.56. The molecule has 2 aromatic rings. The molecule has 5 nitrogen and oxygen atoms in total. The fraction of sp³-hybridized carbons (Fsp3) is 0. The fourth-order valence-electron chi connectivity index (χ4n) is 1.17. The third-order valence-electron chi connectivity index (χ3n) is 1.94. The van der Waals surface area contributed by atoms with E-state index in [4.69, 9.17) is 9.84 Å². The molecule has 92 valence electrons. The van der Waals surface area contributed by atoms with Crippen molar-refractivity contribution >= 4 is 21.9 Å². The monoisotopic (exact) mass is 312 g/mol. The Bertz CT molecular complexity index is 607. The molecule has 0 spiro atoms. The van der Waals surface area contributed by atoms with Crippen LogP contribution in [0.25, 0.3) is 0 Å². The van der Waals surface area contributed by atoms with E-state index in [1.165, 1.54) is 24.4 Å². The van der Waals surface area contributed by atoms with Crippen molar-refractivity contribution in [1.82, 2.24) is 9.97 Å². The van der Waals surface area contributed by atoms with E-state index in [0.717, 1.165) is 6.20 Å². The summed E-state index contributed by atoms with van der Waals surface area (Å²) in [6.45, 7) is 0. The number of carboxylic acids is 1. The average molecular weight is 313 g/mol. The van der Waals surface area contributed by atoms with Crippen LogP contribution in [0.15, 0.2) is 35.1 Å². The first-order valence-electron chi connectivity index (χ1n) is 4.74. The lowest BCUT2D eigenvalue weighted by atomic mass is 10.3. The maximum Gasteiger partial charge on any atom is 0.356 e.